The summed E-state index contributed by atoms with van der Waals surface area (Å²) in [6, 6.07) is 4.93. The van der Waals surface area contributed by atoms with Crippen molar-refractivity contribution in [2.24, 2.45) is 0 Å². The largest absolute Gasteiger partial charge is 0.496 e. The molecule has 0 spiro atoms. The second-order valence-corrected chi connectivity index (χ2v) is 6.44. The highest BCUT2D eigenvalue weighted by Crippen LogP contribution is 2.24. The lowest BCUT2D eigenvalue weighted by Crippen LogP contribution is -2.62. The first-order valence-electron chi connectivity index (χ1n) is 7.49. The van der Waals surface area contributed by atoms with Crippen LogP contribution in [0.5, 0.6) is 5.75 Å². The molecule has 1 aromatic carbocycles. The number of carbonyl (C=O) groups is 1. The van der Waals surface area contributed by atoms with Crippen molar-refractivity contribution in [3.05, 3.63) is 34.3 Å². The molecular formula is C16H21BrN2O5. The van der Waals surface area contributed by atoms with E-state index in [0.29, 0.717) is 5.75 Å². The number of methoxy groups -OCH3 is 1. The van der Waals surface area contributed by atoms with Crippen molar-refractivity contribution >= 4 is 27.9 Å². The predicted octanol–water partition coefficient (Wildman–Crippen LogP) is -0.358. The van der Waals surface area contributed by atoms with Crippen molar-refractivity contribution < 1.29 is 24.9 Å². The van der Waals surface area contributed by atoms with Gasteiger partial charge in [0.25, 0.3) is 0 Å². The Balaban J connectivity index is 1.91. The monoisotopic (exact) mass is 400 g/mol. The van der Waals surface area contributed by atoms with E-state index in [4.69, 9.17) is 4.74 Å². The molecule has 132 valence electrons. The molecule has 2 rings (SSSR count). The van der Waals surface area contributed by atoms with Crippen LogP contribution in [0.3, 0.4) is 0 Å². The Morgan fingerprint density at radius 1 is 1.42 bits per heavy atom. The standard InChI is InChI=1S/C16H21BrN2O5/c1-24-13-4-3-10(17)6-9(13)2-5-14(21)19-7-11-15(22)16(23)12(20)8-18-11/h2-6,11-12,15-16,18,20,22-23H,7-8H2,1H3,(H,19,21)/b5-2+/t11-,12+,15+,16-/m1/s1. The minimum absolute atomic E-state index is 0.129. The van der Waals surface area contributed by atoms with E-state index in [1.807, 2.05) is 12.1 Å². The Labute approximate surface area is 148 Å². The minimum atomic E-state index is -1.23. The molecule has 7 nitrogen and oxygen atoms in total. The molecule has 1 amide bonds. The zero-order valence-electron chi connectivity index (χ0n) is 13.1. The Morgan fingerprint density at radius 2 is 2.17 bits per heavy atom. The predicted molar refractivity (Wildman–Crippen MR) is 92.5 cm³/mol. The van der Waals surface area contributed by atoms with Gasteiger partial charge in [0.15, 0.2) is 0 Å². The van der Waals surface area contributed by atoms with Crippen LogP contribution in [0, 0.1) is 0 Å². The van der Waals surface area contributed by atoms with Gasteiger partial charge in [-0.05, 0) is 24.3 Å². The van der Waals surface area contributed by atoms with Gasteiger partial charge >= 0.3 is 0 Å². The number of nitrogens with one attached hydrogen (secondary N) is 2. The fourth-order valence-electron chi connectivity index (χ4n) is 2.44. The number of halogens is 1. The molecule has 24 heavy (non-hydrogen) atoms. The van der Waals surface area contributed by atoms with Crippen molar-refractivity contribution in [2.75, 3.05) is 20.2 Å². The third-order valence-corrected chi connectivity index (χ3v) is 4.34. The Hall–Kier alpha value is -1.45. The molecule has 1 aromatic rings. The van der Waals surface area contributed by atoms with Gasteiger partial charge in [-0.3, -0.25) is 4.79 Å². The molecule has 0 unspecified atom stereocenters. The van der Waals surface area contributed by atoms with Crippen LogP contribution in [-0.4, -0.2) is 65.8 Å². The first kappa shape index (κ1) is 18.9. The second-order valence-electron chi connectivity index (χ2n) is 5.53. The van der Waals surface area contributed by atoms with Crippen LogP contribution in [0.1, 0.15) is 5.56 Å². The van der Waals surface area contributed by atoms with E-state index in [1.54, 1.807) is 19.3 Å². The lowest BCUT2D eigenvalue weighted by Gasteiger charge is -2.36. The highest BCUT2D eigenvalue weighted by atomic mass is 79.9. The van der Waals surface area contributed by atoms with E-state index < -0.39 is 24.4 Å². The average Bonchev–Trinajstić information content (AvgIpc) is 2.57. The number of aliphatic hydroxyl groups excluding tert-OH is 3. The smallest absolute Gasteiger partial charge is 0.244 e. The normalized spacial score (nSPS) is 27.2. The molecule has 0 saturated carbocycles. The summed E-state index contributed by atoms with van der Waals surface area (Å²) in [7, 11) is 1.55. The van der Waals surface area contributed by atoms with Gasteiger partial charge in [0.1, 0.15) is 11.9 Å². The number of piperidine rings is 1. The third-order valence-electron chi connectivity index (χ3n) is 3.85. The first-order chi connectivity index (χ1) is 11.4. The molecule has 1 aliphatic rings. The van der Waals surface area contributed by atoms with Gasteiger partial charge in [-0.15, -0.1) is 0 Å². The summed E-state index contributed by atoms with van der Waals surface area (Å²) < 4.78 is 6.09. The van der Waals surface area contributed by atoms with Crippen molar-refractivity contribution in [3.63, 3.8) is 0 Å². The number of rotatable bonds is 5. The number of hydrogen-bond donors (Lipinski definition) is 5. The van der Waals surface area contributed by atoms with Gasteiger partial charge in [-0.2, -0.15) is 0 Å². The van der Waals surface area contributed by atoms with E-state index in [1.165, 1.54) is 6.08 Å². The van der Waals surface area contributed by atoms with Crippen LogP contribution in [0.15, 0.2) is 28.7 Å². The van der Waals surface area contributed by atoms with E-state index in [9.17, 15) is 20.1 Å². The quantitative estimate of drug-likeness (QED) is 0.431. The maximum Gasteiger partial charge on any atom is 0.244 e. The van der Waals surface area contributed by atoms with Gasteiger partial charge in [0.2, 0.25) is 5.91 Å². The molecule has 0 aromatic heterocycles. The summed E-state index contributed by atoms with van der Waals surface area (Å²) in [5.74, 6) is 0.301. The van der Waals surface area contributed by atoms with Crippen LogP contribution in [-0.2, 0) is 4.79 Å². The summed E-state index contributed by atoms with van der Waals surface area (Å²) in [5.41, 5.74) is 0.747. The van der Waals surface area contributed by atoms with E-state index in [-0.39, 0.29) is 19.0 Å². The highest BCUT2D eigenvalue weighted by molar-refractivity contribution is 9.10. The van der Waals surface area contributed by atoms with Gasteiger partial charge in [0.05, 0.1) is 25.4 Å². The maximum atomic E-state index is 11.9. The average molecular weight is 401 g/mol. The zero-order chi connectivity index (χ0) is 17.7. The van der Waals surface area contributed by atoms with Crippen molar-refractivity contribution in [1.82, 2.24) is 10.6 Å². The highest BCUT2D eigenvalue weighted by Gasteiger charge is 2.36. The molecule has 8 heteroatoms. The Bertz CT molecular complexity index is 610. The van der Waals surface area contributed by atoms with E-state index in [0.717, 1.165) is 10.0 Å². The van der Waals surface area contributed by atoms with E-state index in [2.05, 4.69) is 26.6 Å². The topological polar surface area (TPSA) is 111 Å². The summed E-state index contributed by atoms with van der Waals surface area (Å²) >= 11 is 3.36. The summed E-state index contributed by atoms with van der Waals surface area (Å²) in [4.78, 5) is 11.9. The molecule has 0 radical (unpaired) electrons. The van der Waals surface area contributed by atoms with Crippen LogP contribution in [0.25, 0.3) is 6.08 Å². The lowest BCUT2D eigenvalue weighted by atomic mass is 9.96. The molecule has 1 heterocycles. The number of amides is 1. The number of hydrogen-bond acceptors (Lipinski definition) is 6. The molecule has 4 atom stereocenters. The molecule has 1 saturated heterocycles. The molecular weight excluding hydrogens is 380 g/mol. The van der Waals surface area contributed by atoms with Crippen LogP contribution >= 0.6 is 15.9 Å². The Kier molecular flexibility index (Phi) is 6.76. The van der Waals surface area contributed by atoms with Crippen LogP contribution in [0.4, 0.5) is 0 Å². The summed E-state index contributed by atoms with van der Waals surface area (Å²) in [5, 5.41) is 34.5. The molecule has 0 bridgehead atoms. The fraction of sp³-hybridized carbons (Fsp3) is 0.438. The Morgan fingerprint density at radius 3 is 2.88 bits per heavy atom. The number of carbonyl (C=O) groups excluding carboxylic acids is 1. The summed E-state index contributed by atoms with van der Waals surface area (Å²) in [6.07, 6.45) is -0.402. The van der Waals surface area contributed by atoms with Crippen LogP contribution in [0.2, 0.25) is 0 Å². The van der Waals surface area contributed by atoms with Gasteiger partial charge in [-0.1, -0.05) is 15.9 Å². The van der Waals surface area contributed by atoms with Gasteiger partial charge in [-0.25, -0.2) is 0 Å². The number of ether oxygens (including phenoxy) is 1. The number of benzene rings is 1. The molecule has 5 N–H and O–H groups in total. The minimum Gasteiger partial charge on any atom is -0.496 e. The number of β-amino-alcohol motifs (C(OH)–C–C–N with tert-alkyl or cyclic N) is 1. The second kappa shape index (κ2) is 8.59. The van der Waals surface area contributed by atoms with Crippen molar-refractivity contribution in [3.8, 4) is 5.75 Å². The SMILES string of the molecule is COc1ccc(Br)cc1/C=C/C(=O)NC[C@H]1NC[C@H](O)[C@@H](O)[C@H]1O. The summed E-state index contributed by atoms with van der Waals surface area (Å²) in [6.45, 7) is 0.285. The van der Waals surface area contributed by atoms with Crippen molar-refractivity contribution in [1.29, 1.82) is 0 Å². The fourth-order valence-corrected chi connectivity index (χ4v) is 2.82. The molecule has 1 fully saturated rings. The molecule has 0 aliphatic carbocycles. The van der Waals surface area contributed by atoms with Crippen molar-refractivity contribution in [2.45, 2.75) is 24.4 Å². The van der Waals surface area contributed by atoms with Gasteiger partial charge < -0.3 is 30.7 Å². The van der Waals surface area contributed by atoms with Crippen LogP contribution < -0.4 is 15.4 Å². The number of aliphatic hydroxyl groups is 3. The lowest BCUT2D eigenvalue weighted by molar-refractivity contribution is -0.118. The van der Waals surface area contributed by atoms with Gasteiger partial charge in [0, 0.05) is 29.2 Å². The molecule has 1 aliphatic heterocycles. The maximum absolute atomic E-state index is 11.9. The van der Waals surface area contributed by atoms with E-state index >= 15 is 0 Å². The zero-order valence-corrected chi connectivity index (χ0v) is 14.7. The first-order valence-corrected chi connectivity index (χ1v) is 8.28. The third kappa shape index (κ3) is 4.78.